The second kappa shape index (κ2) is 14.5. The van der Waals surface area contributed by atoms with Crippen molar-refractivity contribution in [3.63, 3.8) is 0 Å². The van der Waals surface area contributed by atoms with Gasteiger partial charge in [-0.1, -0.05) is 42.5 Å². The molecule has 0 aliphatic heterocycles. The lowest BCUT2D eigenvalue weighted by molar-refractivity contribution is -0.127. The van der Waals surface area contributed by atoms with Crippen LogP contribution in [0.15, 0.2) is 59.6 Å². The van der Waals surface area contributed by atoms with E-state index in [1.807, 2.05) is 18.2 Å². The monoisotopic (exact) mass is 588 g/mol. The summed E-state index contributed by atoms with van der Waals surface area (Å²) in [4.78, 5) is 46.8. The molecular weight excluding hydrogens is 556 g/mol. The molecule has 0 aliphatic carbocycles. The number of para-hydroxylation sites is 1. The highest BCUT2D eigenvalue weighted by Gasteiger charge is 2.27. The number of hydrogen-bond acceptors (Lipinski definition) is 9. The van der Waals surface area contributed by atoms with Crippen molar-refractivity contribution in [1.29, 1.82) is 0 Å². The Morgan fingerprint density at radius 1 is 1.00 bits per heavy atom. The van der Waals surface area contributed by atoms with Crippen LogP contribution in [0.1, 0.15) is 28.2 Å². The fourth-order valence-corrected chi connectivity index (χ4v) is 6.01. The second-order valence-electron chi connectivity index (χ2n) is 8.79. The molecule has 0 bridgehead atoms. The number of nitrogens with two attached hydrogens (primary N) is 3. The zero-order chi connectivity index (χ0) is 29.1. The molecule has 3 rings (SSSR count). The van der Waals surface area contributed by atoms with Crippen LogP contribution in [0.4, 0.5) is 0 Å². The van der Waals surface area contributed by atoms with Gasteiger partial charge in [0, 0.05) is 13.1 Å². The molecule has 2 amide bonds. The van der Waals surface area contributed by atoms with Crippen LogP contribution in [0, 0.1) is 0 Å². The number of thiazole rings is 1. The largest absolute Gasteiger partial charge is 0.370 e. The summed E-state index contributed by atoms with van der Waals surface area (Å²) in [6.07, 6.45) is 0.611. The Hall–Kier alpha value is -3.92. The lowest BCUT2D eigenvalue weighted by Gasteiger charge is -2.19. The third-order valence-electron chi connectivity index (χ3n) is 5.60. The molecule has 2 aromatic carbocycles. The molecular formula is C25H32N8O5S2. The summed E-state index contributed by atoms with van der Waals surface area (Å²) in [6, 6.07) is 13.5. The number of rotatable bonds is 15. The lowest BCUT2D eigenvalue weighted by Crippen LogP contribution is -2.53. The van der Waals surface area contributed by atoms with Gasteiger partial charge in [0.1, 0.15) is 6.04 Å². The molecule has 2 atom stereocenters. The van der Waals surface area contributed by atoms with E-state index in [4.69, 9.17) is 17.2 Å². The van der Waals surface area contributed by atoms with Crippen molar-refractivity contribution in [3.8, 4) is 0 Å². The van der Waals surface area contributed by atoms with Crippen molar-refractivity contribution in [2.45, 2.75) is 30.7 Å². The molecule has 0 saturated carbocycles. The highest BCUT2D eigenvalue weighted by Crippen LogP contribution is 2.23. The number of aromatic nitrogens is 1. The molecule has 1 heterocycles. The molecule has 15 heteroatoms. The first-order chi connectivity index (χ1) is 19.1. The van der Waals surface area contributed by atoms with Gasteiger partial charge in [0.2, 0.25) is 27.6 Å². The van der Waals surface area contributed by atoms with E-state index in [1.165, 1.54) is 11.3 Å². The Kier molecular flexibility index (Phi) is 11.1. The molecule has 40 heavy (non-hydrogen) atoms. The van der Waals surface area contributed by atoms with Crippen LogP contribution in [-0.4, -0.2) is 68.7 Å². The van der Waals surface area contributed by atoms with Gasteiger partial charge in [0.25, 0.3) is 0 Å². The van der Waals surface area contributed by atoms with Gasteiger partial charge in [0.05, 0.1) is 28.6 Å². The number of hydrogen-bond donors (Lipinski definition) is 6. The summed E-state index contributed by atoms with van der Waals surface area (Å²) in [5.74, 6) is -2.25. The molecule has 13 nitrogen and oxygen atoms in total. The highest BCUT2D eigenvalue weighted by molar-refractivity contribution is 7.88. The van der Waals surface area contributed by atoms with E-state index in [0.29, 0.717) is 17.5 Å². The van der Waals surface area contributed by atoms with E-state index in [0.717, 1.165) is 4.70 Å². The molecule has 0 fully saturated rings. The minimum Gasteiger partial charge on any atom is -0.370 e. The maximum absolute atomic E-state index is 13.2. The quantitative estimate of drug-likeness (QED) is 0.0586. The maximum Gasteiger partial charge on any atom is 0.239 e. The molecule has 9 N–H and O–H groups in total. The van der Waals surface area contributed by atoms with Crippen LogP contribution < -0.4 is 32.6 Å². The Labute approximate surface area is 235 Å². The van der Waals surface area contributed by atoms with Crippen molar-refractivity contribution in [2.75, 3.05) is 19.6 Å². The molecule has 0 unspecified atom stereocenters. The van der Waals surface area contributed by atoms with Gasteiger partial charge in [-0.25, -0.2) is 18.1 Å². The summed E-state index contributed by atoms with van der Waals surface area (Å²) in [6.45, 7) is -0.585. The number of carbonyl (C=O) groups excluding carboxylic acids is 3. The van der Waals surface area contributed by atoms with Crippen LogP contribution in [0.25, 0.3) is 10.2 Å². The minimum absolute atomic E-state index is 0.0883. The first-order valence-electron chi connectivity index (χ1n) is 12.3. The third kappa shape index (κ3) is 9.37. The smallest absolute Gasteiger partial charge is 0.239 e. The van der Waals surface area contributed by atoms with E-state index < -0.39 is 40.5 Å². The first-order valence-corrected chi connectivity index (χ1v) is 14.8. The van der Waals surface area contributed by atoms with E-state index >= 15 is 0 Å². The van der Waals surface area contributed by atoms with Gasteiger partial charge in [-0.05, 0) is 30.5 Å². The van der Waals surface area contributed by atoms with E-state index in [2.05, 4.69) is 25.3 Å². The topological polar surface area (TPSA) is 225 Å². The Bertz CT molecular complexity index is 1420. The lowest BCUT2D eigenvalue weighted by atomic mass is 10.1. The number of Topliss-reactive ketones (excluding diaryl/α,β-unsaturated/α-hetero) is 1. The number of nitrogens with one attached hydrogen (secondary N) is 3. The molecule has 1 aromatic heterocycles. The Balaban J connectivity index is 1.61. The highest BCUT2D eigenvalue weighted by atomic mass is 32.2. The fourth-order valence-electron chi connectivity index (χ4n) is 3.70. The van der Waals surface area contributed by atoms with Crippen LogP contribution in [0.5, 0.6) is 0 Å². The summed E-state index contributed by atoms with van der Waals surface area (Å²) in [5.41, 5.74) is 17.5. The van der Waals surface area contributed by atoms with Crippen molar-refractivity contribution in [2.24, 2.45) is 22.2 Å². The fraction of sp³-hybridized carbons (Fsp3) is 0.320. The van der Waals surface area contributed by atoms with E-state index in [1.54, 1.807) is 36.4 Å². The van der Waals surface area contributed by atoms with Gasteiger partial charge in [-0.15, -0.1) is 11.3 Å². The van der Waals surface area contributed by atoms with Gasteiger partial charge in [-0.2, -0.15) is 0 Å². The predicted molar refractivity (Wildman–Crippen MR) is 154 cm³/mol. The number of carbonyl (C=O) groups is 3. The molecule has 0 saturated heterocycles. The van der Waals surface area contributed by atoms with E-state index in [-0.39, 0.29) is 42.0 Å². The molecule has 0 aliphatic rings. The standard InChI is InChI=1S/C25H32N8O5S2/c26-13-19(33-40(37,38)15-16-7-2-1-3-8-16)23(36)30-14-21(34)31-18(10-6-12-29-25(27)28)22(35)24-32-17-9-4-5-11-20(17)39-24/h1-5,7-9,11,18-19,33H,6,10,12-15,26H2,(H,30,36)(H,31,34)(H4,27,28,29)/t18-,19+/m0/s1. The number of fused-ring (bicyclic) bond motifs is 1. The molecule has 214 valence electrons. The molecule has 0 radical (unpaired) electrons. The number of amides is 2. The van der Waals surface area contributed by atoms with Crippen molar-refractivity contribution < 1.29 is 22.8 Å². The number of benzene rings is 2. The number of nitrogens with zero attached hydrogens (tertiary/aromatic N) is 2. The Morgan fingerprint density at radius 2 is 1.70 bits per heavy atom. The first kappa shape index (κ1) is 30.6. The van der Waals surface area contributed by atoms with Crippen LogP contribution in [0.3, 0.4) is 0 Å². The van der Waals surface area contributed by atoms with Gasteiger partial charge >= 0.3 is 0 Å². The van der Waals surface area contributed by atoms with Gasteiger partial charge in [0.15, 0.2) is 11.0 Å². The second-order valence-corrected chi connectivity index (χ2v) is 11.6. The SMILES string of the molecule is NC[C@@H](NS(=O)(=O)Cc1ccccc1)C(=O)NCC(=O)N[C@@H](CCCN=C(N)N)C(=O)c1nc2ccccc2s1. The Morgan fingerprint density at radius 3 is 2.38 bits per heavy atom. The number of guanidine groups is 1. The maximum atomic E-state index is 13.2. The predicted octanol–water partition coefficient (Wildman–Crippen LogP) is -0.419. The van der Waals surface area contributed by atoms with Crippen molar-refractivity contribution in [1.82, 2.24) is 20.3 Å². The summed E-state index contributed by atoms with van der Waals surface area (Å²) < 4.78 is 28.1. The molecule has 3 aromatic rings. The number of sulfonamides is 1. The summed E-state index contributed by atoms with van der Waals surface area (Å²) in [7, 11) is -3.89. The normalized spacial score (nSPS) is 12.8. The minimum atomic E-state index is -3.89. The zero-order valence-electron chi connectivity index (χ0n) is 21.6. The zero-order valence-corrected chi connectivity index (χ0v) is 23.2. The molecule has 0 spiro atoms. The summed E-state index contributed by atoms with van der Waals surface area (Å²) >= 11 is 1.21. The average molecular weight is 589 g/mol. The third-order valence-corrected chi connectivity index (χ3v) is 8.01. The van der Waals surface area contributed by atoms with E-state index in [9.17, 15) is 22.8 Å². The van der Waals surface area contributed by atoms with Crippen LogP contribution in [0.2, 0.25) is 0 Å². The number of aliphatic imine (C=N–C) groups is 1. The van der Waals surface area contributed by atoms with Gasteiger partial charge in [-0.3, -0.25) is 19.4 Å². The van der Waals surface area contributed by atoms with Crippen molar-refractivity contribution in [3.05, 3.63) is 65.2 Å². The summed E-state index contributed by atoms with van der Waals surface area (Å²) in [5, 5.41) is 5.22. The van der Waals surface area contributed by atoms with Crippen molar-refractivity contribution >= 4 is 55.1 Å². The van der Waals surface area contributed by atoms with Gasteiger partial charge < -0.3 is 27.8 Å². The van der Waals surface area contributed by atoms with Crippen LogP contribution in [-0.2, 0) is 25.4 Å². The number of ketones is 1. The average Bonchev–Trinajstić information content (AvgIpc) is 3.36. The van der Waals surface area contributed by atoms with Crippen LogP contribution >= 0.6 is 11.3 Å².